The largest absolute Gasteiger partial charge is 0.492 e. The Bertz CT molecular complexity index is 449. The van der Waals surface area contributed by atoms with Gasteiger partial charge in [-0.15, -0.1) is 0 Å². The van der Waals surface area contributed by atoms with Crippen molar-refractivity contribution in [2.24, 2.45) is 0 Å². The van der Waals surface area contributed by atoms with E-state index in [4.69, 9.17) is 14.6 Å². The second kappa shape index (κ2) is 7.26. The normalized spacial score (nSPS) is 19.8. The molecule has 0 bridgehead atoms. The third-order valence-corrected chi connectivity index (χ3v) is 3.29. The van der Waals surface area contributed by atoms with Crippen LogP contribution in [0.3, 0.4) is 0 Å². The molecule has 0 spiro atoms. The molecule has 5 heteroatoms. The van der Waals surface area contributed by atoms with Gasteiger partial charge in [-0.2, -0.15) is 0 Å². The molecule has 0 aromatic heterocycles. The van der Waals surface area contributed by atoms with Gasteiger partial charge in [-0.25, -0.2) is 0 Å². The number of benzene rings is 1. The van der Waals surface area contributed by atoms with Crippen LogP contribution in [-0.4, -0.2) is 54.9 Å². The molecule has 1 aromatic rings. The zero-order chi connectivity index (χ0) is 14.4. The van der Waals surface area contributed by atoms with Gasteiger partial charge >= 0.3 is 5.97 Å². The molecule has 2 rings (SSSR count). The molecule has 0 amide bonds. The summed E-state index contributed by atoms with van der Waals surface area (Å²) in [6, 6.07) is 7.96. The quantitative estimate of drug-likeness (QED) is 0.856. The van der Waals surface area contributed by atoms with E-state index in [1.807, 2.05) is 31.2 Å². The molecule has 1 aliphatic rings. The Balaban J connectivity index is 1.72. The molecule has 1 aromatic carbocycles. The van der Waals surface area contributed by atoms with Crippen LogP contribution in [-0.2, 0) is 9.53 Å². The molecule has 20 heavy (non-hydrogen) atoms. The number of nitrogens with zero attached hydrogens (tertiary/aromatic N) is 1. The van der Waals surface area contributed by atoms with E-state index < -0.39 is 5.97 Å². The summed E-state index contributed by atoms with van der Waals surface area (Å²) in [5.41, 5.74) is 1.18. The number of hydrogen-bond acceptors (Lipinski definition) is 4. The summed E-state index contributed by atoms with van der Waals surface area (Å²) >= 11 is 0. The van der Waals surface area contributed by atoms with Crippen molar-refractivity contribution in [2.45, 2.75) is 19.4 Å². The minimum absolute atomic E-state index is 0.0647. The summed E-state index contributed by atoms with van der Waals surface area (Å²) < 4.78 is 11.1. The molecule has 0 saturated carbocycles. The lowest BCUT2D eigenvalue weighted by atomic mass is 10.2. The second-order valence-electron chi connectivity index (χ2n) is 5.06. The van der Waals surface area contributed by atoms with Crippen molar-refractivity contribution in [3.05, 3.63) is 29.8 Å². The summed E-state index contributed by atoms with van der Waals surface area (Å²) in [6.45, 7) is 5.49. The average molecular weight is 279 g/mol. The first-order chi connectivity index (χ1) is 9.63. The topological polar surface area (TPSA) is 59.0 Å². The summed E-state index contributed by atoms with van der Waals surface area (Å²) in [5.74, 6) is 0.0632. The van der Waals surface area contributed by atoms with Crippen molar-refractivity contribution < 1.29 is 19.4 Å². The molecule has 1 unspecified atom stereocenters. The number of carboxylic acids is 1. The van der Waals surface area contributed by atoms with Crippen molar-refractivity contribution in [1.82, 2.24) is 4.90 Å². The zero-order valence-corrected chi connectivity index (χ0v) is 11.7. The van der Waals surface area contributed by atoms with Gasteiger partial charge in [0.05, 0.1) is 19.1 Å². The molecule has 5 nitrogen and oxygen atoms in total. The lowest BCUT2D eigenvalue weighted by Gasteiger charge is -2.32. The van der Waals surface area contributed by atoms with Gasteiger partial charge in [0, 0.05) is 19.6 Å². The molecule has 1 saturated heterocycles. The van der Waals surface area contributed by atoms with Gasteiger partial charge < -0.3 is 14.6 Å². The molecule has 1 aliphatic heterocycles. The Kier molecular flexibility index (Phi) is 5.38. The van der Waals surface area contributed by atoms with E-state index in [-0.39, 0.29) is 12.5 Å². The second-order valence-corrected chi connectivity index (χ2v) is 5.06. The van der Waals surface area contributed by atoms with Crippen LogP contribution in [0.5, 0.6) is 5.75 Å². The van der Waals surface area contributed by atoms with Crippen LogP contribution in [0.2, 0.25) is 0 Å². The van der Waals surface area contributed by atoms with E-state index >= 15 is 0 Å². The third kappa shape index (κ3) is 4.83. The third-order valence-electron chi connectivity index (χ3n) is 3.29. The van der Waals surface area contributed by atoms with E-state index in [0.29, 0.717) is 19.8 Å². The first kappa shape index (κ1) is 14.8. The van der Waals surface area contributed by atoms with Gasteiger partial charge in [0.1, 0.15) is 12.4 Å². The predicted octanol–water partition coefficient (Wildman–Crippen LogP) is 1.55. The van der Waals surface area contributed by atoms with Crippen LogP contribution < -0.4 is 4.74 Å². The molecule has 0 aliphatic carbocycles. The van der Waals surface area contributed by atoms with E-state index in [9.17, 15) is 4.79 Å². The first-order valence-electron chi connectivity index (χ1n) is 6.89. The molecular weight excluding hydrogens is 258 g/mol. The predicted molar refractivity (Wildman–Crippen MR) is 75.1 cm³/mol. The van der Waals surface area contributed by atoms with Gasteiger partial charge in [0.25, 0.3) is 0 Å². The fourth-order valence-corrected chi connectivity index (χ4v) is 2.30. The molecule has 0 radical (unpaired) electrons. The van der Waals surface area contributed by atoms with Crippen molar-refractivity contribution in [1.29, 1.82) is 0 Å². The molecule has 1 N–H and O–H groups in total. The number of hydrogen-bond donors (Lipinski definition) is 1. The van der Waals surface area contributed by atoms with Crippen LogP contribution in [0, 0.1) is 6.92 Å². The Hall–Kier alpha value is -1.59. The number of carbonyl (C=O) groups is 1. The molecular formula is C15H21NO4. The Morgan fingerprint density at radius 2 is 2.40 bits per heavy atom. The highest BCUT2D eigenvalue weighted by Gasteiger charge is 2.22. The standard InChI is InChI=1S/C15H21NO4/c1-12-3-2-4-13(9-12)19-7-5-16-6-8-20-14(11-16)10-15(17)18/h2-4,9,14H,5-8,10-11H2,1H3,(H,17,18). The van der Waals surface area contributed by atoms with Gasteiger partial charge in [-0.05, 0) is 24.6 Å². The minimum Gasteiger partial charge on any atom is -0.492 e. The lowest BCUT2D eigenvalue weighted by molar-refractivity contribution is -0.142. The zero-order valence-electron chi connectivity index (χ0n) is 11.7. The van der Waals surface area contributed by atoms with Gasteiger partial charge in [0.2, 0.25) is 0 Å². The molecule has 1 atom stereocenters. The summed E-state index contributed by atoms with van der Waals surface area (Å²) in [5, 5.41) is 8.78. The number of carboxylic acid groups (broad SMARTS) is 1. The SMILES string of the molecule is Cc1cccc(OCCN2CCOC(CC(=O)O)C2)c1. The maximum Gasteiger partial charge on any atom is 0.306 e. The molecule has 1 heterocycles. The number of ether oxygens (including phenoxy) is 2. The highest BCUT2D eigenvalue weighted by atomic mass is 16.5. The van der Waals surface area contributed by atoms with Crippen LogP contribution in [0.4, 0.5) is 0 Å². The monoisotopic (exact) mass is 279 g/mol. The summed E-state index contributed by atoms with van der Waals surface area (Å²) in [4.78, 5) is 12.9. The highest BCUT2D eigenvalue weighted by Crippen LogP contribution is 2.13. The van der Waals surface area contributed by atoms with Crippen molar-refractivity contribution >= 4 is 5.97 Å². The first-order valence-corrected chi connectivity index (χ1v) is 6.89. The minimum atomic E-state index is -0.812. The van der Waals surface area contributed by atoms with Gasteiger partial charge in [-0.3, -0.25) is 9.69 Å². The van der Waals surface area contributed by atoms with Crippen molar-refractivity contribution in [3.8, 4) is 5.75 Å². The highest BCUT2D eigenvalue weighted by molar-refractivity contribution is 5.67. The van der Waals surface area contributed by atoms with Gasteiger partial charge in [0.15, 0.2) is 0 Å². The fraction of sp³-hybridized carbons (Fsp3) is 0.533. The maximum absolute atomic E-state index is 10.7. The number of aliphatic carboxylic acids is 1. The van der Waals surface area contributed by atoms with Crippen LogP contribution in [0.15, 0.2) is 24.3 Å². The number of morpholine rings is 1. The number of aryl methyl sites for hydroxylation is 1. The number of rotatable bonds is 6. The molecule has 1 fully saturated rings. The average Bonchev–Trinajstić information content (AvgIpc) is 2.38. The summed E-state index contributed by atoms with van der Waals surface area (Å²) in [7, 11) is 0. The van der Waals surface area contributed by atoms with E-state index in [1.54, 1.807) is 0 Å². The Morgan fingerprint density at radius 1 is 1.55 bits per heavy atom. The van der Waals surface area contributed by atoms with Crippen LogP contribution in [0.1, 0.15) is 12.0 Å². The van der Waals surface area contributed by atoms with E-state index in [2.05, 4.69) is 4.90 Å². The fourth-order valence-electron chi connectivity index (χ4n) is 2.30. The summed E-state index contributed by atoms with van der Waals surface area (Å²) in [6.07, 6.45) is -0.143. The van der Waals surface area contributed by atoms with Crippen molar-refractivity contribution in [2.75, 3.05) is 32.8 Å². The Morgan fingerprint density at radius 3 is 3.15 bits per heavy atom. The Labute approximate surface area is 119 Å². The van der Waals surface area contributed by atoms with Crippen molar-refractivity contribution in [3.63, 3.8) is 0 Å². The van der Waals surface area contributed by atoms with Gasteiger partial charge in [-0.1, -0.05) is 12.1 Å². The maximum atomic E-state index is 10.7. The lowest BCUT2D eigenvalue weighted by Crippen LogP contribution is -2.44. The molecule has 110 valence electrons. The van der Waals surface area contributed by atoms with E-state index in [0.717, 1.165) is 18.8 Å². The van der Waals surface area contributed by atoms with E-state index in [1.165, 1.54) is 5.56 Å². The van der Waals surface area contributed by atoms with Crippen LogP contribution in [0.25, 0.3) is 0 Å². The van der Waals surface area contributed by atoms with Crippen LogP contribution >= 0.6 is 0 Å². The smallest absolute Gasteiger partial charge is 0.306 e.